The molecular weight excluding hydrogens is 560 g/mol. The standard InChI is InChI=1S/C23H18N2O10S3/c24-18-4-2-1-3-16(18)13-5-7-14(8-6-13)23(26)25-19-9-10-20(37(28,29)30)17-11-15(36-35-34-27)12-21(22(17)19)38(31,32)33/h1-12,27H,24H2,(H,25,26)(H,28,29,30)(H,31,32,33). The second kappa shape index (κ2) is 10.7. The number of rotatable bonds is 8. The van der Waals surface area contributed by atoms with Crippen molar-refractivity contribution >= 4 is 60.3 Å². The largest absolute Gasteiger partial charge is 0.398 e. The maximum absolute atomic E-state index is 13.0. The minimum absolute atomic E-state index is 0.136. The average Bonchev–Trinajstić information content (AvgIpc) is 2.86. The van der Waals surface area contributed by atoms with Crippen molar-refractivity contribution in [1.82, 2.24) is 0 Å². The molecule has 15 heteroatoms. The van der Waals surface area contributed by atoms with Crippen LogP contribution in [0.4, 0.5) is 11.4 Å². The van der Waals surface area contributed by atoms with Gasteiger partial charge in [0.15, 0.2) is 0 Å². The van der Waals surface area contributed by atoms with Crippen molar-refractivity contribution in [1.29, 1.82) is 0 Å². The van der Waals surface area contributed by atoms with Gasteiger partial charge in [-0.15, -0.1) is 4.33 Å². The Morgan fingerprint density at radius 1 is 0.868 bits per heavy atom. The molecule has 0 atom stereocenters. The summed E-state index contributed by atoms with van der Waals surface area (Å²) >= 11 is 0.281. The Balaban J connectivity index is 1.82. The second-order valence-electron chi connectivity index (χ2n) is 7.75. The first kappa shape index (κ1) is 27.5. The van der Waals surface area contributed by atoms with Gasteiger partial charge in [0.05, 0.1) is 17.7 Å². The number of nitrogens with two attached hydrogens (primary N) is 1. The predicted octanol–water partition coefficient (Wildman–Crippen LogP) is 4.26. The lowest BCUT2D eigenvalue weighted by Gasteiger charge is -2.15. The zero-order valence-corrected chi connectivity index (χ0v) is 21.4. The van der Waals surface area contributed by atoms with E-state index in [1.165, 1.54) is 12.1 Å². The van der Waals surface area contributed by atoms with Crippen molar-refractivity contribution in [3.63, 3.8) is 0 Å². The van der Waals surface area contributed by atoms with Crippen LogP contribution in [0, 0.1) is 0 Å². The van der Waals surface area contributed by atoms with Gasteiger partial charge in [-0.25, -0.2) is 5.26 Å². The summed E-state index contributed by atoms with van der Waals surface area (Å²) < 4.78 is 72.3. The zero-order valence-electron chi connectivity index (χ0n) is 18.9. The molecule has 0 aliphatic rings. The highest BCUT2D eigenvalue weighted by Gasteiger charge is 2.25. The van der Waals surface area contributed by atoms with Crippen molar-refractivity contribution < 1.29 is 45.4 Å². The van der Waals surface area contributed by atoms with Crippen LogP contribution < -0.4 is 11.1 Å². The second-order valence-corrected chi connectivity index (χ2v) is 11.3. The number of nitrogens with one attached hydrogen (secondary N) is 1. The summed E-state index contributed by atoms with van der Waals surface area (Å²) in [7, 11) is -9.91. The van der Waals surface area contributed by atoms with Crippen LogP contribution in [0.3, 0.4) is 0 Å². The molecule has 6 N–H and O–H groups in total. The number of para-hydroxylation sites is 1. The van der Waals surface area contributed by atoms with Crippen LogP contribution in [0.25, 0.3) is 21.9 Å². The summed E-state index contributed by atoms with van der Waals surface area (Å²) in [6, 6.07) is 17.5. The third-order valence-electron chi connectivity index (χ3n) is 5.40. The summed E-state index contributed by atoms with van der Waals surface area (Å²) in [5, 5.41) is 13.6. The van der Waals surface area contributed by atoms with Crippen molar-refractivity contribution in [2.75, 3.05) is 11.1 Å². The van der Waals surface area contributed by atoms with Gasteiger partial charge in [-0.05, 0) is 48.0 Å². The van der Waals surface area contributed by atoms with E-state index in [1.807, 2.05) is 12.1 Å². The third-order valence-corrected chi connectivity index (χ3v) is 7.74. The Bertz CT molecular complexity index is 1760. The molecule has 0 bridgehead atoms. The average molecular weight is 579 g/mol. The van der Waals surface area contributed by atoms with E-state index in [9.17, 15) is 30.7 Å². The van der Waals surface area contributed by atoms with Crippen LogP contribution in [0.2, 0.25) is 0 Å². The van der Waals surface area contributed by atoms with E-state index in [2.05, 4.69) is 14.7 Å². The maximum Gasteiger partial charge on any atom is 0.295 e. The topological polar surface area (TPSA) is 203 Å². The highest BCUT2D eigenvalue weighted by Crippen LogP contribution is 2.38. The van der Waals surface area contributed by atoms with Crippen molar-refractivity contribution in [3.8, 4) is 11.1 Å². The number of carbonyl (C=O) groups is 1. The van der Waals surface area contributed by atoms with Gasteiger partial charge in [-0.3, -0.25) is 13.9 Å². The van der Waals surface area contributed by atoms with E-state index in [0.717, 1.165) is 35.4 Å². The first-order valence-corrected chi connectivity index (χ1v) is 14.0. The minimum Gasteiger partial charge on any atom is -0.398 e. The fourth-order valence-corrected chi connectivity index (χ4v) is 5.73. The van der Waals surface area contributed by atoms with Crippen LogP contribution in [0.15, 0.2) is 87.5 Å². The van der Waals surface area contributed by atoms with E-state index in [4.69, 9.17) is 11.0 Å². The molecule has 1 amide bonds. The van der Waals surface area contributed by atoms with Gasteiger partial charge < -0.3 is 11.1 Å². The van der Waals surface area contributed by atoms with Crippen LogP contribution in [0.1, 0.15) is 10.4 Å². The first-order chi connectivity index (χ1) is 17.9. The van der Waals surface area contributed by atoms with Crippen molar-refractivity contribution in [3.05, 3.63) is 78.4 Å². The normalized spacial score (nSPS) is 12.0. The lowest BCUT2D eigenvalue weighted by Crippen LogP contribution is -2.14. The number of anilines is 2. The monoisotopic (exact) mass is 578 g/mol. The van der Waals surface area contributed by atoms with Gasteiger partial charge >= 0.3 is 0 Å². The summed E-state index contributed by atoms with van der Waals surface area (Å²) in [5.41, 5.74) is 8.03. The van der Waals surface area contributed by atoms with Crippen LogP contribution >= 0.6 is 12.0 Å². The lowest BCUT2D eigenvalue weighted by molar-refractivity contribution is -0.432. The molecule has 38 heavy (non-hydrogen) atoms. The van der Waals surface area contributed by atoms with Crippen LogP contribution in [-0.4, -0.2) is 37.1 Å². The zero-order chi connectivity index (χ0) is 27.7. The molecule has 0 fully saturated rings. The molecule has 0 radical (unpaired) electrons. The van der Waals surface area contributed by atoms with Gasteiger partial charge in [0.2, 0.25) is 0 Å². The fraction of sp³-hybridized carbons (Fsp3) is 0. The SMILES string of the molecule is Nc1ccccc1-c1ccc(C(=O)Nc2ccc(S(=O)(=O)O)c3cc(SOOO)cc(S(=O)(=O)O)c23)cc1. The highest BCUT2D eigenvalue weighted by molar-refractivity contribution is 7.94. The summed E-state index contributed by atoms with van der Waals surface area (Å²) in [6.45, 7) is 0. The molecule has 0 aromatic heterocycles. The van der Waals surface area contributed by atoms with Gasteiger partial charge in [-0.2, -0.15) is 16.8 Å². The molecule has 4 aromatic carbocycles. The van der Waals surface area contributed by atoms with Gasteiger partial charge in [0.25, 0.3) is 26.1 Å². The van der Waals surface area contributed by atoms with E-state index in [0.29, 0.717) is 5.69 Å². The fourth-order valence-electron chi connectivity index (χ4n) is 3.79. The molecule has 0 spiro atoms. The molecule has 0 aliphatic heterocycles. The van der Waals surface area contributed by atoms with E-state index in [1.54, 1.807) is 24.3 Å². The molecule has 12 nitrogen and oxygen atoms in total. The summed E-state index contributed by atoms with van der Waals surface area (Å²) in [4.78, 5) is 11.4. The number of benzene rings is 4. The maximum atomic E-state index is 13.0. The third kappa shape index (κ3) is 5.79. The lowest BCUT2D eigenvalue weighted by atomic mass is 10.0. The summed E-state index contributed by atoms with van der Waals surface area (Å²) in [5.74, 6) is -0.685. The molecule has 0 saturated heterocycles. The predicted molar refractivity (Wildman–Crippen MR) is 138 cm³/mol. The molecule has 0 saturated carbocycles. The van der Waals surface area contributed by atoms with E-state index in [-0.39, 0.29) is 33.6 Å². The smallest absolute Gasteiger partial charge is 0.295 e. The molecule has 0 aliphatic carbocycles. The molecular formula is C23H18N2O10S3. The Labute approximate surface area is 220 Å². The quantitative estimate of drug-likeness (QED) is 0.0654. The molecule has 198 valence electrons. The Hall–Kier alpha value is -3.54. The van der Waals surface area contributed by atoms with Gasteiger partial charge in [0.1, 0.15) is 9.79 Å². The van der Waals surface area contributed by atoms with Gasteiger partial charge in [0, 0.05) is 32.5 Å². The molecule has 0 unspecified atom stereocenters. The number of amides is 1. The number of carbonyl (C=O) groups excluding carboxylic acids is 1. The number of nitrogen functional groups attached to an aromatic ring is 1. The Kier molecular flexibility index (Phi) is 7.73. The highest BCUT2D eigenvalue weighted by atomic mass is 32.2. The van der Waals surface area contributed by atoms with Crippen LogP contribution in [0.5, 0.6) is 0 Å². The summed E-state index contributed by atoms with van der Waals surface area (Å²) in [6.07, 6.45) is 0. The number of fused-ring (bicyclic) bond motifs is 1. The van der Waals surface area contributed by atoms with E-state index < -0.39 is 41.3 Å². The first-order valence-electron chi connectivity index (χ1n) is 10.4. The van der Waals surface area contributed by atoms with E-state index >= 15 is 0 Å². The molecule has 0 heterocycles. The Morgan fingerprint density at radius 3 is 2.13 bits per heavy atom. The Morgan fingerprint density at radius 2 is 1.53 bits per heavy atom. The van der Waals surface area contributed by atoms with Gasteiger partial charge in [-0.1, -0.05) is 35.4 Å². The number of hydrogen-bond donors (Lipinski definition) is 5. The molecule has 4 aromatic rings. The van der Waals surface area contributed by atoms with Crippen LogP contribution in [-0.2, 0) is 29.6 Å². The molecule has 4 rings (SSSR count). The minimum atomic E-state index is -5.01. The van der Waals surface area contributed by atoms with Crippen molar-refractivity contribution in [2.24, 2.45) is 0 Å². The number of hydrogen-bond acceptors (Lipinski definition) is 10. The van der Waals surface area contributed by atoms with Crippen molar-refractivity contribution in [2.45, 2.75) is 14.7 Å².